The van der Waals surface area contributed by atoms with Gasteiger partial charge in [0.15, 0.2) is 0 Å². The van der Waals surface area contributed by atoms with Gasteiger partial charge in [0.2, 0.25) is 0 Å². The maximum Gasteiger partial charge on any atom is 0.337 e. The average molecular weight is 295 g/mol. The van der Waals surface area contributed by atoms with Gasteiger partial charge in [-0.3, -0.25) is 4.79 Å². The molecule has 8 heteroatoms. The monoisotopic (exact) mass is 295 g/mol. The summed E-state index contributed by atoms with van der Waals surface area (Å²) in [6.45, 7) is 0.217. The molecule has 0 bridgehead atoms. The van der Waals surface area contributed by atoms with Crippen LogP contribution in [0.3, 0.4) is 0 Å². The number of rotatable bonds is 4. The number of nitrogens with zero attached hydrogens (tertiary/aromatic N) is 1. The lowest BCUT2D eigenvalue weighted by molar-refractivity contribution is 0.0697. The van der Waals surface area contributed by atoms with Crippen LogP contribution in [0.4, 0.5) is 10.1 Å². The second-order valence-electron chi connectivity index (χ2n) is 3.78. The molecule has 1 heterocycles. The fraction of sp³-hybridized carbons (Fsp3) is 0.0833. The van der Waals surface area contributed by atoms with E-state index < -0.39 is 17.7 Å². The number of halogens is 1. The highest BCUT2D eigenvalue weighted by Gasteiger charge is 2.16. The normalized spacial score (nSPS) is 10.3. The number of thiazole rings is 1. The summed E-state index contributed by atoms with van der Waals surface area (Å²) in [5.74, 6) is -2.60. The topological polar surface area (TPSA) is 105 Å². The zero-order valence-corrected chi connectivity index (χ0v) is 10.9. The van der Waals surface area contributed by atoms with Crippen molar-refractivity contribution < 1.29 is 19.1 Å². The summed E-state index contributed by atoms with van der Waals surface area (Å²) in [6.07, 6.45) is 0. The van der Waals surface area contributed by atoms with Crippen molar-refractivity contribution >= 4 is 28.9 Å². The standard InChI is InChI=1S/C12H10FN3O3S/c13-6-1-2-8(7(3-6)12(18)19)16-11(17)9-5-20-10(4-14)15-9/h1-3,5H,4,14H2,(H,16,17)(H,18,19). The van der Waals surface area contributed by atoms with E-state index in [2.05, 4.69) is 10.3 Å². The predicted molar refractivity (Wildman–Crippen MR) is 71.3 cm³/mol. The van der Waals surface area contributed by atoms with E-state index in [1.165, 1.54) is 22.8 Å². The molecular weight excluding hydrogens is 285 g/mol. The molecule has 0 fully saturated rings. The van der Waals surface area contributed by atoms with Gasteiger partial charge in [0.25, 0.3) is 5.91 Å². The zero-order chi connectivity index (χ0) is 14.7. The Bertz CT molecular complexity index is 672. The largest absolute Gasteiger partial charge is 0.478 e. The van der Waals surface area contributed by atoms with Gasteiger partial charge in [0.05, 0.1) is 11.3 Å². The molecule has 0 radical (unpaired) electrons. The first kappa shape index (κ1) is 14.1. The highest BCUT2D eigenvalue weighted by molar-refractivity contribution is 7.09. The summed E-state index contributed by atoms with van der Waals surface area (Å²) in [6, 6.07) is 3.09. The Morgan fingerprint density at radius 1 is 1.45 bits per heavy atom. The highest BCUT2D eigenvalue weighted by Crippen LogP contribution is 2.18. The van der Waals surface area contributed by atoms with Crippen molar-refractivity contribution in [2.24, 2.45) is 5.73 Å². The lowest BCUT2D eigenvalue weighted by Crippen LogP contribution is -2.15. The molecule has 0 saturated heterocycles. The smallest absolute Gasteiger partial charge is 0.337 e. The third kappa shape index (κ3) is 2.98. The molecule has 0 aliphatic heterocycles. The molecule has 0 spiro atoms. The molecule has 6 nitrogen and oxygen atoms in total. The Morgan fingerprint density at radius 3 is 2.80 bits per heavy atom. The van der Waals surface area contributed by atoms with E-state index >= 15 is 0 Å². The van der Waals surface area contributed by atoms with E-state index in [1.54, 1.807) is 0 Å². The number of nitrogens with two attached hydrogens (primary N) is 1. The van der Waals surface area contributed by atoms with Crippen molar-refractivity contribution in [2.45, 2.75) is 6.54 Å². The number of anilines is 1. The van der Waals surface area contributed by atoms with E-state index in [0.717, 1.165) is 12.1 Å². The molecule has 2 rings (SSSR count). The van der Waals surface area contributed by atoms with Crippen molar-refractivity contribution in [3.63, 3.8) is 0 Å². The first-order valence-electron chi connectivity index (χ1n) is 5.50. The SMILES string of the molecule is NCc1nc(C(=O)Nc2ccc(F)cc2C(=O)O)cs1. The number of carboxylic acids is 1. The maximum atomic E-state index is 13.0. The van der Waals surface area contributed by atoms with Crippen LogP contribution in [0.1, 0.15) is 25.9 Å². The van der Waals surface area contributed by atoms with Crippen molar-refractivity contribution in [3.8, 4) is 0 Å². The number of aromatic nitrogens is 1. The van der Waals surface area contributed by atoms with Crippen LogP contribution in [0.25, 0.3) is 0 Å². The lowest BCUT2D eigenvalue weighted by atomic mass is 10.1. The summed E-state index contributed by atoms with van der Waals surface area (Å²) in [5, 5.41) is 13.5. The van der Waals surface area contributed by atoms with Crippen LogP contribution in [-0.2, 0) is 6.54 Å². The minimum atomic E-state index is -1.33. The zero-order valence-electron chi connectivity index (χ0n) is 10.1. The first-order valence-corrected chi connectivity index (χ1v) is 6.38. The quantitative estimate of drug-likeness (QED) is 0.796. The van der Waals surface area contributed by atoms with E-state index in [9.17, 15) is 14.0 Å². The molecule has 1 aromatic heterocycles. The summed E-state index contributed by atoms with van der Waals surface area (Å²) in [7, 11) is 0. The maximum absolute atomic E-state index is 13.0. The lowest BCUT2D eigenvalue weighted by Gasteiger charge is -2.07. The average Bonchev–Trinajstić information content (AvgIpc) is 2.89. The number of carboxylic acid groups (broad SMARTS) is 1. The molecule has 0 saturated carbocycles. The Balaban J connectivity index is 2.25. The summed E-state index contributed by atoms with van der Waals surface area (Å²) < 4.78 is 13.0. The molecule has 104 valence electrons. The molecule has 2 aromatic rings. The summed E-state index contributed by atoms with van der Waals surface area (Å²) in [5.41, 5.74) is 5.21. The number of carbonyl (C=O) groups is 2. The van der Waals surface area contributed by atoms with Crippen LogP contribution < -0.4 is 11.1 Å². The van der Waals surface area contributed by atoms with E-state index in [4.69, 9.17) is 10.8 Å². The van der Waals surface area contributed by atoms with Gasteiger partial charge in [0.1, 0.15) is 16.5 Å². The summed E-state index contributed by atoms with van der Waals surface area (Å²) in [4.78, 5) is 26.9. The van der Waals surface area contributed by atoms with Crippen molar-refractivity contribution in [3.05, 3.63) is 45.7 Å². The van der Waals surface area contributed by atoms with Gasteiger partial charge in [-0.1, -0.05) is 0 Å². The number of hydrogen-bond acceptors (Lipinski definition) is 5. The molecule has 0 atom stereocenters. The van der Waals surface area contributed by atoms with Crippen LogP contribution in [0, 0.1) is 5.82 Å². The van der Waals surface area contributed by atoms with Crippen molar-refractivity contribution in [1.29, 1.82) is 0 Å². The van der Waals surface area contributed by atoms with E-state index in [-0.39, 0.29) is 23.5 Å². The molecule has 1 amide bonds. The van der Waals surface area contributed by atoms with Gasteiger partial charge in [0, 0.05) is 11.9 Å². The van der Waals surface area contributed by atoms with Crippen LogP contribution in [0.15, 0.2) is 23.6 Å². The van der Waals surface area contributed by atoms with Gasteiger partial charge >= 0.3 is 5.97 Å². The molecule has 0 unspecified atom stereocenters. The van der Waals surface area contributed by atoms with Crippen molar-refractivity contribution in [1.82, 2.24) is 4.98 Å². The second kappa shape index (κ2) is 5.76. The Hall–Kier alpha value is -2.32. The molecule has 0 aliphatic rings. The number of benzene rings is 1. The number of amides is 1. The fourth-order valence-electron chi connectivity index (χ4n) is 1.50. The number of hydrogen-bond donors (Lipinski definition) is 3. The number of nitrogens with one attached hydrogen (secondary N) is 1. The molecule has 1 aromatic carbocycles. The summed E-state index contributed by atoms with van der Waals surface area (Å²) >= 11 is 1.23. The number of aromatic carboxylic acids is 1. The van der Waals surface area contributed by atoms with Gasteiger partial charge in [-0.25, -0.2) is 14.2 Å². The highest BCUT2D eigenvalue weighted by atomic mass is 32.1. The minimum absolute atomic E-state index is 0.00574. The van der Waals surface area contributed by atoms with Crippen LogP contribution >= 0.6 is 11.3 Å². The first-order chi connectivity index (χ1) is 9.51. The van der Waals surface area contributed by atoms with Crippen LogP contribution in [0.2, 0.25) is 0 Å². The second-order valence-corrected chi connectivity index (χ2v) is 4.72. The fourth-order valence-corrected chi connectivity index (χ4v) is 2.15. The van der Waals surface area contributed by atoms with Crippen LogP contribution in [0.5, 0.6) is 0 Å². The molecule has 0 aliphatic carbocycles. The third-order valence-electron chi connectivity index (χ3n) is 2.42. The Labute approximate surface area is 117 Å². The Morgan fingerprint density at radius 2 is 2.20 bits per heavy atom. The van der Waals surface area contributed by atoms with Crippen molar-refractivity contribution in [2.75, 3.05) is 5.32 Å². The van der Waals surface area contributed by atoms with Gasteiger partial charge in [-0.2, -0.15) is 0 Å². The van der Waals surface area contributed by atoms with E-state index in [1.807, 2.05) is 0 Å². The third-order valence-corrected chi connectivity index (χ3v) is 3.29. The molecular formula is C12H10FN3O3S. The Kier molecular flexibility index (Phi) is 4.06. The minimum Gasteiger partial charge on any atom is -0.478 e. The molecule has 20 heavy (non-hydrogen) atoms. The molecule has 4 N–H and O–H groups in total. The van der Waals surface area contributed by atoms with Crippen LogP contribution in [-0.4, -0.2) is 22.0 Å². The predicted octanol–water partition coefficient (Wildman–Crippen LogP) is 1.69. The number of carbonyl (C=O) groups excluding carboxylic acids is 1. The van der Waals surface area contributed by atoms with Gasteiger partial charge in [-0.15, -0.1) is 11.3 Å². The van der Waals surface area contributed by atoms with Gasteiger partial charge < -0.3 is 16.2 Å². The van der Waals surface area contributed by atoms with E-state index in [0.29, 0.717) is 5.01 Å². The van der Waals surface area contributed by atoms with Gasteiger partial charge in [-0.05, 0) is 18.2 Å².